The molecule has 0 saturated heterocycles. The van der Waals surface area contributed by atoms with Crippen LogP contribution in [0.3, 0.4) is 0 Å². The van der Waals surface area contributed by atoms with Crippen LogP contribution in [0.15, 0.2) is 12.1 Å². The third-order valence-electron chi connectivity index (χ3n) is 3.20. The molecule has 0 aliphatic rings. The van der Waals surface area contributed by atoms with Crippen LogP contribution in [0, 0.1) is 13.8 Å². The van der Waals surface area contributed by atoms with Crippen molar-refractivity contribution in [2.45, 2.75) is 40.7 Å². The molecule has 0 aliphatic carbocycles. The summed E-state index contributed by atoms with van der Waals surface area (Å²) in [5.41, 5.74) is 3.42. The summed E-state index contributed by atoms with van der Waals surface area (Å²) in [6.07, 6.45) is 0. The van der Waals surface area contributed by atoms with Gasteiger partial charge in [0.1, 0.15) is 5.75 Å². The van der Waals surface area contributed by atoms with Crippen LogP contribution in [0.2, 0.25) is 0 Å². The summed E-state index contributed by atoms with van der Waals surface area (Å²) in [5, 5.41) is 0. The Balaban J connectivity index is 3.18. The van der Waals surface area contributed by atoms with Crippen LogP contribution in [0.25, 0.3) is 0 Å². The topological polar surface area (TPSA) is 36.9 Å². The molecule has 0 radical (unpaired) electrons. The van der Waals surface area contributed by atoms with Crippen LogP contribution in [-0.4, -0.2) is 35.7 Å². The molecule has 0 heterocycles. The van der Waals surface area contributed by atoms with E-state index in [1.807, 2.05) is 20.8 Å². The van der Waals surface area contributed by atoms with Crippen molar-refractivity contribution in [3.63, 3.8) is 0 Å². The largest absolute Gasteiger partial charge is 0.505 e. The molecular formula is C16H28O4Si. The van der Waals surface area contributed by atoms with Gasteiger partial charge in [-0.1, -0.05) is 17.7 Å². The smallest absolute Gasteiger partial charge is 0.496 e. The van der Waals surface area contributed by atoms with Crippen molar-refractivity contribution < 1.29 is 18.0 Å². The maximum absolute atomic E-state index is 5.93. The molecule has 21 heavy (non-hydrogen) atoms. The van der Waals surface area contributed by atoms with Gasteiger partial charge in [-0.25, -0.2) is 0 Å². The van der Waals surface area contributed by atoms with Gasteiger partial charge < -0.3 is 18.0 Å². The van der Waals surface area contributed by atoms with Crippen LogP contribution in [0.4, 0.5) is 0 Å². The Bertz CT molecular complexity index is 431. The normalized spacial score (nSPS) is 11.7. The second-order valence-electron chi connectivity index (χ2n) is 4.93. The van der Waals surface area contributed by atoms with Crippen molar-refractivity contribution in [2.75, 3.05) is 26.9 Å². The van der Waals surface area contributed by atoms with Gasteiger partial charge in [0.05, 0.1) is 7.11 Å². The third kappa shape index (κ3) is 4.81. The van der Waals surface area contributed by atoms with Crippen molar-refractivity contribution in [2.24, 2.45) is 0 Å². The summed E-state index contributed by atoms with van der Waals surface area (Å²) in [5.74, 6) is 0.900. The lowest BCUT2D eigenvalue weighted by atomic mass is 10.1. The van der Waals surface area contributed by atoms with E-state index in [9.17, 15) is 0 Å². The van der Waals surface area contributed by atoms with Gasteiger partial charge >= 0.3 is 8.80 Å². The quantitative estimate of drug-likeness (QED) is 0.655. The highest BCUT2D eigenvalue weighted by atomic mass is 28.4. The fourth-order valence-electron chi connectivity index (χ4n) is 2.64. The van der Waals surface area contributed by atoms with Gasteiger partial charge in [-0.2, -0.15) is 0 Å². The number of ether oxygens (including phenoxy) is 1. The zero-order chi connectivity index (χ0) is 15.9. The predicted molar refractivity (Wildman–Crippen MR) is 86.8 cm³/mol. The van der Waals surface area contributed by atoms with Crippen LogP contribution in [0.5, 0.6) is 5.75 Å². The van der Waals surface area contributed by atoms with Crippen molar-refractivity contribution in [3.8, 4) is 5.75 Å². The molecule has 0 bridgehead atoms. The van der Waals surface area contributed by atoms with Gasteiger partial charge in [0.15, 0.2) is 0 Å². The van der Waals surface area contributed by atoms with Gasteiger partial charge in [0.2, 0.25) is 0 Å². The van der Waals surface area contributed by atoms with E-state index in [0.717, 1.165) is 16.9 Å². The van der Waals surface area contributed by atoms with Crippen LogP contribution in [-0.2, 0) is 19.3 Å². The van der Waals surface area contributed by atoms with E-state index in [1.54, 1.807) is 7.11 Å². The van der Waals surface area contributed by atoms with E-state index in [0.29, 0.717) is 25.9 Å². The fourth-order valence-corrected chi connectivity index (χ4v) is 5.24. The van der Waals surface area contributed by atoms with E-state index in [4.69, 9.17) is 18.0 Å². The standard InChI is InChI=1S/C16H28O4Si/c1-7-18-21(19-8-2,20-9-3)12-15-11-13(4)10-14(5)16(15)17-6/h10-11H,7-9,12H2,1-6H3. The summed E-state index contributed by atoms with van der Waals surface area (Å²) < 4.78 is 23.4. The lowest BCUT2D eigenvalue weighted by Crippen LogP contribution is -2.48. The monoisotopic (exact) mass is 312 g/mol. The Morgan fingerprint density at radius 2 is 1.43 bits per heavy atom. The first-order valence-electron chi connectivity index (χ1n) is 7.57. The highest BCUT2D eigenvalue weighted by Crippen LogP contribution is 2.29. The van der Waals surface area contributed by atoms with Gasteiger partial charge in [-0.05, 0) is 45.7 Å². The number of benzene rings is 1. The molecule has 0 aromatic heterocycles. The fraction of sp³-hybridized carbons (Fsp3) is 0.625. The molecule has 0 amide bonds. The third-order valence-corrected chi connectivity index (χ3v) is 6.20. The van der Waals surface area contributed by atoms with Crippen molar-refractivity contribution in [3.05, 3.63) is 28.8 Å². The minimum atomic E-state index is -2.71. The maximum Gasteiger partial charge on any atom is 0.505 e. The molecule has 0 saturated carbocycles. The van der Waals surface area contributed by atoms with Crippen molar-refractivity contribution in [1.82, 2.24) is 0 Å². The molecule has 1 rings (SSSR count). The van der Waals surface area contributed by atoms with E-state index in [-0.39, 0.29) is 0 Å². The van der Waals surface area contributed by atoms with E-state index < -0.39 is 8.80 Å². The zero-order valence-corrected chi connectivity index (χ0v) is 15.1. The zero-order valence-electron chi connectivity index (χ0n) is 14.1. The van der Waals surface area contributed by atoms with Crippen molar-refractivity contribution >= 4 is 8.80 Å². The molecule has 1 aromatic carbocycles. The summed E-state index contributed by atoms with van der Waals surface area (Å²) in [4.78, 5) is 0. The number of rotatable bonds is 9. The highest BCUT2D eigenvalue weighted by molar-refractivity contribution is 6.60. The molecule has 4 nitrogen and oxygen atoms in total. The van der Waals surface area contributed by atoms with Crippen molar-refractivity contribution in [1.29, 1.82) is 0 Å². The Morgan fingerprint density at radius 1 is 0.905 bits per heavy atom. The Labute approximate surface area is 129 Å². The highest BCUT2D eigenvalue weighted by Gasteiger charge is 2.41. The molecule has 0 atom stereocenters. The lowest BCUT2D eigenvalue weighted by Gasteiger charge is -2.29. The number of aryl methyl sites for hydroxylation is 2. The summed E-state index contributed by atoms with van der Waals surface area (Å²) in [6, 6.07) is 4.88. The molecular weight excluding hydrogens is 284 g/mol. The minimum Gasteiger partial charge on any atom is -0.496 e. The molecule has 0 N–H and O–H groups in total. The summed E-state index contributed by atoms with van der Waals surface area (Å²) in [7, 11) is -1.01. The minimum absolute atomic E-state index is 0.583. The first-order valence-corrected chi connectivity index (χ1v) is 9.51. The first kappa shape index (κ1) is 18.2. The van der Waals surface area contributed by atoms with Gasteiger partial charge in [-0.3, -0.25) is 0 Å². The Morgan fingerprint density at radius 3 is 1.86 bits per heavy atom. The van der Waals surface area contributed by atoms with E-state index in [1.165, 1.54) is 5.56 Å². The number of hydrogen-bond donors (Lipinski definition) is 0. The van der Waals surface area contributed by atoms with Gasteiger partial charge in [0.25, 0.3) is 0 Å². The SMILES string of the molecule is CCO[Si](Cc1cc(C)cc(C)c1OC)(OCC)OCC. The van der Waals surface area contributed by atoms with Gasteiger partial charge in [0, 0.05) is 25.9 Å². The summed E-state index contributed by atoms with van der Waals surface area (Å²) >= 11 is 0. The Hall–Kier alpha value is -0.883. The maximum atomic E-state index is 5.93. The van der Waals surface area contributed by atoms with Gasteiger partial charge in [-0.15, -0.1) is 0 Å². The molecule has 0 unspecified atom stereocenters. The second kappa shape index (κ2) is 8.53. The van der Waals surface area contributed by atoms with E-state index >= 15 is 0 Å². The predicted octanol–water partition coefficient (Wildman–Crippen LogP) is 3.44. The van der Waals surface area contributed by atoms with E-state index in [2.05, 4.69) is 26.0 Å². The molecule has 0 aliphatic heterocycles. The molecule has 5 heteroatoms. The lowest BCUT2D eigenvalue weighted by molar-refractivity contribution is 0.0702. The first-order chi connectivity index (χ1) is 10.0. The average molecular weight is 312 g/mol. The molecule has 1 aromatic rings. The second-order valence-corrected chi connectivity index (χ2v) is 7.52. The van der Waals surface area contributed by atoms with Crippen LogP contribution >= 0.6 is 0 Å². The molecule has 0 fully saturated rings. The average Bonchev–Trinajstić information content (AvgIpc) is 2.39. The Kier molecular flexibility index (Phi) is 7.38. The van der Waals surface area contributed by atoms with Crippen LogP contribution < -0.4 is 4.74 Å². The number of hydrogen-bond acceptors (Lipinski definition) is 4. The summed E-state index contributed by atoms with van der Waals surface area (Å²) in [6.45, 7) is 11.8. The van der Waals surface area contributed by atoms with Crippen LogP contribution in [0.1, 0.15) is 37.5 Å². The molecule has 0 spiro atoms. The number of methoxy groups -OCH3 is 1. The molecule has 120 valence electrons.